The molecular weight excluding hydrogens is 596 g/mol. The molecule has 1 aromatic heterocycles. The summed E-state index contributed by atoms with van der Waals surface area (Å²) in [6.45, 7) is 0.148. The minimum atomic E-state index is -0.841. The van der Waals surface area contributed by atoms with Crippen LogP contribution in [0.3, 0.4) is 0 Å². The lowest BCUT2D eigenvalue weighted by atomic mass is 10.1. The highest BCUT2D eigenvalue weighted by atomic mass is 32.1. The molecule has 1 heterocycles. The standard InChI is InChI=1S/C34H34N2O8S/c1-39-29-15-9-23(17-31(29)41-3)27(37)19-43-25-11-5-21(6-12-25)33-35-34(45-36-33)22-7-13-26(14-8-22)44-20-28(38)24-10-16-30(40-2)32(18-24)42-4/h5-18,27-28,37-38H,19-20H2,1-4H3. The number of methoxy groups -OCH3 is 4. The van der Waals surface area contributed by atoms with Crippen molar-refractivity contribution in [2.24, 2.45) is 0 Å². The molecule has 4 aromatic carbocycles. The van der Waals surface area contributed by atoms with Crippen molar-refractivity contribution in [1.82, 2.24) is 9.36 Å². The second kappa shape index (κ2) is 14.8. The van der Waals surface area contributed by atoms with E-state index in [9.17, 15) is 10.2 Å². The van der Waals surface area contributed by atoms with Crippen molar-refractivity contribution in [3.63, 3.8) is 0 Å². The largest absolute Gasteiger partial charge is 0.493 e. The van der Waals surface area contributed by atoms with Gasteiger partial charge in [0.25, 0.3) is 0 Å². The van der Waals surface area contributed by atoms with E-state index in [1.165, 1.54) is 11.5 Å². The number of aliphatic hydroxyl groups is 2. The molecule has 2 N–H and O–H groups in total. The monoisotopic (exact) mass is 630 g/mol. The minimum absolute atomic E-state index is 0.0723. The molecule has 2 atom stereocenters. The summed E-state index contributed by atoms with van der Waals surface area (Å²) in [6.07, 6.45) is -1.68. The van der Waals surface area contributed by atoms with Crippen LogP contribution in [-0.4, -0.2) is 61.2 Å². The second-order valence-electron chi connectivity index (χ2n) is 9.85. The fourth-order valence-corrected chi connectivity index (χ4v) is 5.20. The third-order valence-electron chi connectivity index (χ3n) is 7.04. The molecule has 5 aromatic rings. The van der Waals surface area contributed by atoms with Crippen LogP contribution in [0, 0.1) is 0 Å². The van der Waals surface area contributed by atoms with Crippen molar-refractivity contribution in [2.45, 2.75) is 12.2 Å². The number of hydrogen-bond donors (Lipinski definition) is 2. The molecule has 0 aliphatic heterocycles. The number of aliphatic hydroxyl groups excluding tert-OH is 2. The predicted molar refractivity (Wildman–Crippen MR) is 171 cm³/mol. The normalized spacial score (nSPS) is 12.2. The van der Waals surface area contributed by atoms with Gasteiger partial charge in [-0.05, 0) is 95.5 Å². The molecule has 234 valence electrons. The van der Waals surface area contributed by atoms with Crippen LogP contribution in [0.1, 0.15) is 23.3 Å². The van der Waals surface area contributed by atoms with E-state index in [2.05, 4.69) is 4.37 Å². The van der Waals surface area contributed by atoms with Gasteiger partial charge in [0.05, 0.1) is 28.4 Å². The van der Waals surface area contributed by atoms with E-state index in [1.807, 2.05) is 48.5 Å². The van der Waals surface area contributed by atoms with Gasteiger partial charge in [-0.15, -0.1) is 0 Å². The molecule has 0 saturated heterocycles. The zero-order valence-corrected chi connectivity index (χ0v) is 26.1. The first kappa shape index (κ1) is 31.6. The van der Waals surface area contributed by atoms with Crippen LogP contribution in [-0.2, 0) is 0 Å². The van der Waals surface area contributed by atoms with Gasteiger partial charge in [-0.3, -0.25) is 0 Å². The summed E-state index contributed by atoms with van der Waals surface area (Å²) in [7, 11) is 6.23. The Bertz CT molecular complexity index is 1570. The SMILES string of the molecule is COc1ccc(C(O)COc2ccc(-c3nsc(-c4ccc(OCC(O)c5ccc(OC)c(OC)c5)cc4)n3)cc2)cc1OC. The zero-order valence-electron chi connectivity index (χ0n) is 25.3. The molecular formula is C34H34N2O8S. The number of benzene rings is 4. The lowest BCUT2D eigenvalue weighted by Crippen LogP contribution is -2.10. The van der Waals surface area contributed by atoms with Gasteiger partial charge >= 0.3 is 0 Å². The van der Waals surface area contributed by atoms with Gasteiger partial charge in [-0.25, -0.2) is 4.98 Å². The molecule has 5 rings (SSSR count). The molecule has 0 spiro atoms. The third kappa shape index (κ3) is 7.63. The van der Waals surface area contributed by atoms with Gasteiger partial charge in [0.15, 0.2) is 28.8 Å². The van der Waals surface area contributed by atoms with Crippen LogP contribution in [0.2, 0.25) is 0 Å². The number of ether oxygens (including phenoxy) is 6. The average Bonchev–Trinajstić information content (AvgIpc) is 3.59. The molecule has 0 fully saturated rings. The molecule has 11 heteroatoms. The summed E-state index contributed by atoms with van der Waals surface area (Å²) < 4.78 is 37.3. The highest BCUT2D eigenvalue weighted by molar-refractivity contribution is 7.09. The Hall–Kier alpha value is -4.84. The first-order chi connectivity index (χ1) is 21.9. The molecule has 2 unspecified atom stereocenters. The summed E-state index contributed by atoms with van der Waals surface area (Å²) >= 11 is 1.30. The number of nitrogens with zero attached hydrogens (tertiary/aromatic N) is 2. The lowest BCUT2D eigenvalue weighted by Gasteiger charge is -2.15. The maximum atomic E-state index is 10.6. The Balaban J connectivity index is 1.15. The van der Waals surface area contributed by atoms with Crippen molar-refractivity contribution >= 4 is 11.5 Å². The van der Waals surface area contributed by atoms with E-state index in [0.29, 0.717) is 51.4 Å². The molecule has 0 bridgehead atoms. The van der Waals surface area contributed by atoms with E-state index in [0.717, 1.165) is 16.1 Å². The van der Waals surface area contributed by atoms with Crippen molar-refractivity contribution in [2.75, 3.05) is 41.7 Å². The fraction of sp³-hybridized carbons (Fsp3) is 0.235. The first-order valence-corrected chi connectivity index (χ1v) is 14.8. The first-order valence-electron chi connectivity index (χ1n) is 14.0. The maximum Gasteiger partial charge on any atom is 0.173 e. The van der Waals surface area contributed by atoms with E-state index in [4.69, 9.17) is 33.4 Å². The van der Waals surface area contributed by atoms with Crippen LogP contribution in [0.25, 0.3) is 22.0 Å². The van der Waals surface area contributed by atoms with Crippen LogP contribution >= 0.6 is 11.5 Å². The smallest absolute Gasteiger partial charge is 0.173 e. The van der Waals surface area contributed by atoms with Gasteiger partial charge in [0.1, 0.15) is 41.9 Å². The van der Waals surface area contributed by atoms with Crippen molar-refractivity contribution < 1.29 is 38.6 Å². The van der Waals surface area contributed by atoms with Crippen LogP contribution in [0.5, 0.6) is 34.5 Å². The Kier molecular flexibility index (Phi) is 10.4. The Morgan fingerprint density at radius 1 is 0.578 bits per heavy atom. The van der Waals surface area contributed by atoms with E-state index in [1.54, 1.807) is 64.8 Å². The molecule has 0 aliphatic rings. The topological polar surface area (TPSA) is 122 Å². The zero-order chi connectivity index (χ0) is 31.8. The molecule has 45 heavy (non-hydrogen) atoms. The van der Waals surface area contributed by atoms with E-state index >= 15 is 0 Å². The van der Waals surface area contributed by atoms with Crippen LogP contribution in [0.4, 0.5) is 0 Å². The van der Waals surface area contributed by atoms with Gasteiger partial charge < -0.3 is 38.6 Å². The average molecular weight is 631 g/mol. The van der Waals surface area contributed by atoms with Crippen molar-refractivity contribution in [3.05, 3.63) is 96.1 Å². The summed E-state index contributed by atoms with van der Waals surface area (Å²) in [5.41, 5.74) is 3.07. The second-order valence-corrected chi connectivity index (χ2v) is 10.6. The van der Waals surface area contributed by atoms with Crippen LogP contribution < -0.4 is 28.4 Å². The summed E-state index contributed by atoms with van der Waals surface area (Å²) in [6, 6.07) is 25.4. The van der Waals surface area contributed by atoms with Crippen LogP contribution in [0.15, 0.2) is 84.9 Å². The molecule has 0 aliphatic carbocycles. The van der Waals surface area contributed by atoms with Gasteiger partial charge in [-0.2, -0.15) is 4.37 Å². The highest BCUT2D eigenvalue weighted by Gasteiger charge is 2.15. The van der Waals surface area contributed by atoms with Gasteiger partial charge in [0, 0.05) is 11.1 Å². The molecule has 0 saturated carbocycles. The predicted octanol–water partition coefficient (Wildman–Crippen LogP) is 6.13. The summed E-state index contributed by atoms with van der Waals surface area (Å²) in [5.74, 6) is 4.10. The lowest BCUT2D eigenvalue weighted by molar-refractivity contribution is 0.108. The fourth-order valence-electron chi connectivity index (χ4n) is 4.51. The Morgan fingerprint density at radius 3 is 1.47 bits per heavy atom. The van der Waals surface area contributed by atoms with Crippen molar-refractivity contribution in [3.8, 4) is 56.5 Å². The molecule has 0 radical (unpaired) electrons. The van der Waals surface area contributed by atoms with E-state index < -0.39 is 12.2 Å². The molecule has 0 amide bonds. The van der Waals surface area contributed by atoms with Crippen molar-refractivity contribution in [1.29, 1.82) is 0 Å². The van der Waals surface area contributed by atoms with E-state index in [-0.39, 0.29) is 13.2 Å². The number of aromatic nitrogens is 2. The Labute approximate surface area is 265 Å². The summed E-state index contributed by atoms with van der Waals surface area (Å²) in [5, 5.41) is 22.0. The molecule has 10 nitrogen and oxygen atoms in total. The minimum Gasteiger partial charge on any atom is -0.493 e. The van der Waals surface area contributed by atoms with Gasteiger partial charge in [0.2, 0.25) is 0 Å². The quantitative estimate of drug-likeness (QED) is 0.148. The van der Waals surface area contributed by atoms with Gasteiger partial charge in [-0.1, -0.05) is 12.1 Å². The number of hydrogen-bond acceptors (Lipinski definition) is 11. The summed E-state index contributed by atoms with van der Waals surface area (Å²) in [4.78, 5) is 4.70. The maximum absolute atomic E-state index is 10.6. The third-order valence-corrected chi connectivity index (χ3v) is 7.80. The number of rotatable bonds is 14. The Morgan fingerprint density at radius 2 is 1.02 bits per heavy atom. The highest BCUT2D eigenvalue weighted by Crippen LogP contribution is 2.32.